The highest BCUT2D eigenvalue weighted by molar-refractivity contribution is 7.92. The number of anilines is 1. The molecule has 2 aromatic rings. The number of alkyl carbamates (subject to hydrolysis) is 2. The standard InChI is InChI=1S/C35H46F2N4O6S/c1-46-32(42)38-20-35(25-5-3-6-26(36)19-25,30-7-4-8-31(30)39-33(43)47-2)24-15-17-40(18-16-24)21-34(37)22-41(23-34)27-9-11-28(12-10-27)48(44,45)29-13-14-29/h3,5-6,9-12,19,24,29-31H,4,7-8,13-18,20-23H2,1-2H3,(H,38,42)(H,39,43)/t30-,31-,35?/m0/s1. The van der Waals surface area contributed by atoms with Gasteiger partial charge in [-0.1, -0.05) is 18.6 Å². The lowest BCUT2D eigenvalue weighted by atomic mass is 9.58. The predicted octanol–water partition coefficient (Wildman–Crippen LogP) is 4.82. The number of nitrogens with zero attached hydrogens (tertiary/aromatic N) is 2. The van der Waals surface area contributed by atoms with Gasteiger partial charge in [0, 0.05) is 30.2 Å². The fraction of sp³-hybridized carbons (Fsp3) is 0.600. The zero-order valence-corrected chi connectivity index (χ0v) is 28.4. The van der Waals surface area contributed by atoms with Crippen LogP contribution in [0.25, 0.3) is 0 Å². The van der Waals surface area contributed by atoms with Crippen LogP contribution in [0.5, 0.6) is 0 Å². The summed E-state index contributed by atoms with van der Waals surface area (Å²) in [5, 5.41) is 5.66. The van der Waals surface area contributed by atoms with Crippen LogP contribution >= 0.6 is 0 Å². The summed E-state index contributed by atoms with van der Waals surface area (Å²) in [6.45, 7) is 2.17. The molecule has 2 saturated heterocycles. The number of methoxy groups -OCH3 is 2. The van der Waals surface area contributed by atoms with E-state index in [1.54, 1.807) is 30.3 Å². The Morgan fingerprint density at radius 1 is 0.958 bits per heavy atom. The van der Waals surface area contributed by atoms with Crippen molar-refractivity contribution < 1.29 is 36.3 Å². The molecule has 4 fully saturated rings. The predicted molar refractivity (Wildman–Crippen MR) is 177 cm³/mol. The molecule has 2 N–H and O–H groups in total. The monoisotopic (exact) mass is 688 g/mol. The number of carbonyl (C=O) groups excluding carboxylic acids is 2. The molecule has 2 amide bonds. The Balaban J connectivity index is 1.16. The number of alkyl halides is 1. The number of likely N-dealkylation sites (tertiary alicyclic amines) is 1. The summed E-state index contributed by atoms with van der Waals surface area (Å²) in [5.41, 5.74) is -0.571. The van der Waals surface area contributed by atoms with Gasteiger partial charge in [-0.25, -0.2) is 26.8 Å². The lowest BCUT2D eigenvalue weighted by molar-refractivity contribution is 0.0255. The highest BCUT2D eigenvalue weighted by Crippen LogP contribution is 2.50. The number of piperidine rings is 1. The largest absolute Gasteiger partial charge is 0.453 e. The van der Waals surface area contributed by atoms with Crippen molar-refractivity contribution in [2.45, 2.75) is 72.2 Å². The lowest BCUT2D eigenvalue weighted by Gasteiger charge is -2.52. The van der Waals surface area contributed by atoms with E-state index in [2.05, 4.69) is 15.5 Å². The van der Waals surface area contributed by atoms with Gasteiger partial charge in [0.1, 0.15) is 5.82 Å². The highest BCUT2D eigenvalue weighted by atomic mass is 32.2. The van der Waals surface area contributed by atoms with Crippen LogP contribution in [0, 0.1) is 17.7 Å². The summed E-state index contributed by atoms with van der Waals surface area (Å²) in [6, 6.07) is 13.1. The molecule has 48 heavy (non-hydrogen) atoms. The number of hydrogen-bond acceptors (Lipinski definition) is 8. The number of rotatable bonds is 11. The minimum Gasteiger partial charge on any atom is -0.453 e. The Hall–Kier alpha value is -3.45. The van der Waals surface area contributed by atoms with Crippen molar-refractivity contribution in [2.75, 3.05) is 58.4 Å². The second-order valence-corrected chi connectivity index (χ2v) is 16.2. The molecule has 3 atom stereocenters. The van der Waals surface area contributed by atoms with Crippen LogP contribution in [-0.2, 0) is 24.7 Å². The maximum atomic E-state index is 16.0. The normalized spacial score (nSPS) is 24.3. The number of benzene rings is 2. The van der Waals surface area contributed by atoms with Gasteiger partial charge in [-0.05, 0) is 105 Å². The van der Waals surface area contributed by atoms with E-state index in [1.807, 2.05) is 11.0 Å². The van der Waals surface area contributed by atoms with E-state index in [-0.39, 0.29) is 55.1 Å². The molecule has 2 aliphatic heterocycles. The van der Waals surface area contributed by atoms with E-state index < -0.39 is 33.1 Å². The Morgan fingerprint density at radius 2 is 1.65 bits per heavy atom. The Morgan fingerprint density at radius 3 is 2.27 bits per heavy atom. The Kier molecular flexibility index (Phi) is 9.90. The van der Waals surface area contributed by atoms with Gasteiger partial charge in [0.05, 0.1) is 37.5 Å². The summed E-state index contributed by atoms with van der Waals surface area (Å²) in [5.74, 6) is -0.502. The van der Waals surface area contributed by atoms with Gasteiger partial charge in [0.25, 0.3) is 0 Å². The van der Waals surface area contributed by atoms with Crippen LogP contribution in [0.4, 0.5) is 24.1 Å². The molecule has 2 saturated carbocycles. The first-order valence-corrected chi connectivity index (χ1v) is 18.4. The van der Waals surface area contributed by atoms with Gasteiger partial charge in [-0.3, -0.25) is 4.90 Å². The molecule has 2 aromatic carbocycles. The summed E-state index contributed by atoms with van der Waals surface area (Å²) in [7, 11) is -0.640. The third-order valence-corrected chi connectivity index (χ3v) is 13.3. The molecule has 0 spiro atoms. The van der Waals surface area contributed by atoms with Gasteiger partial charge >= 0.3 is 12.2 Å². The number of sulfone groups is 1. The van der Waals surface area contributed by atoms with E-state index in [4.69, 9.17) is 9.47 Å². The number of ether oxygens (including phenoxy) is 2. The van der Waals surface area contributed by atoms with Gasteiger partial charge in [-0.2, -0.15) is 0 Å². The minimum absolute atomic E-state index is 0.00311. The molecule has 0 radical (unpaired) electrons. The molecule has 2 heterocycles. The molecule has 2 aliphatic carbocycles. The summed E-state index contributed by atoms with van der Waals surface area (Å²) >= 11 is 0. The second-order valence-electron chi connectivity index (χ2n) is 14.0. The van der Waals surface area contributed by atoms with Crippen LogP contribution in [0.3, 0.4) is 0 Å². The van der Waals surface area contributed by atoms with Crippen molar-refractivity contribution in [1.82, 2.24) is 15.5 Å². The molecule has 4 aliphatic rings. The van der Waals surface area contributed by atoms with Crippen LogP contribution in [0.1, 0.15) is 50.5 Å². The maximum absolute atomic E-state index is 16.0. The van der Waals surface area contributed by atoms with Crippen molar-refractivity contribution in [2.24, 2.45) is 11.8 Å². The molecule has 0 bridgehead atoms. The molecule has 10 nitrogen and oxygen atoms in total. The smallest absolute Gasteiger partial charge is 0.407 e. The molecular formula is C35H46F2N4O6S. The van der Waals surface area contributed by atoms with Gasteiger partial charge in [-0.15, -0.1) is 0 Å². The maximum Gasteiger partial charge on any atom is 0.407 e. The third kappa shape index (κ3) is 6.99. The summed E-state index contributed by atoms with van der Waals surface area (Å²) in [6.07, 6.45) is 4.04. The molecule has 0 aromatic heterocycles. The fourth-order valence-electron chi connectivity index (χ4n) is 8.50. The second kappa shape index (κ2) is 13.8. The van der Waals surface area contributed by atoms with E-state index in [0.717, 1.165) is 30.5 Å². The van der Waals surface area contributed by atoms with Crippen molar-refractivity contribution in [3.63, 3.8) is 0 Å². The fourth-order valence-corrected chi connectivity index (χ4v) is 10.2. The number of halogens is 2. The minimum atomic E-state index is -3.27. The first-order valence-electron chi connectivity index (χ1n) is 16.9. The Bertz CT molecular complexity index is 1580. The quantitative estimate of drug-likeness (QED) is 0.345. The van der Waals surface area contributed by atoms with Crippen molar-refractivity contribution in [1.29, 1.82) is 0 Å². The van der Waals surface area contributed by atoms with Gasteiger partial charge < -0.3 is 25.0 Å². The van der Waals surface area contributed by atoms with Crippen LogP contribution in [-0.4, -0.2) is 96.0 Å². The first kappa shape index (κ1) is 34.4. The molecule has 1 unspecified atom stereocenters. The Labute approximate surface area is 281 Å². The zero-order chi connectivity index (χ0) is 34.1. The molecular weight excluding hydrogens is 642 g/mol. The average Bonchev–Trinajstić information content (AvgIpc) is 3.85. The van der Waals surface area contributed by atoms with Gasteiger partial charge in [0.2, 0.25) is 0 Å². The molecule has 262 valence electrons. The van der Waals surface area contributed by atoms with Crippen LogP contribution < -0.4 is 15.5 Å². The number of amides is 2. The van der Waals surface area contributed by atoms with E-state index in [0.29, 0.717) is 43.7 Å². The topological polar surface area (TPSA) is 117 Å². The van der Waals surface area contributed by atoms with E-state index >= 15 is 4.39 Å². The molecule has 13 heteroatoms. The van der Waals surface area contributed by atoms with E-state index in [1.165, 1.54) is 26.4 Å². The number of nitrogens with one attached hydrogen (secondary N) is 2. The number of hydrogen-bond donors (Lipinski definition) is 2. The van der Waals surface area contributed by atoms with Crippen molar-refractivity contribution in [3.05, 3.63) is 59.9 Å². The van der Waals surface area contributed by atoms with Crippen LogP contribution in [0.2, 0.25) is 0 Å². The van der Waals surface area contributed by atoms with Crippen molar-refractivity contribution >= 4 is 27.7 Å². The first-order chi connectivity index (χ1) is 23.0. The molecule has 6 rings (SSSR count). The number of carbonyl (C=O) groups is 2. The summed E-state index contributed by atoms with van der Waals surface area (Å²) in [4.78, 5) is 29.2. The third-order valence-electron chi connectivity index (χ3n) is 11.0. The van der Waals surface area contributed by atoms with Crippen molar-refractivity contribution in [3.8, 4) is 0 Å². The lowest BCUT2D eigenvalue weighted by Crippen LogP contribution is -2.65. The van der Waals surface area contributed by atoms with Gasteiger partial charge in [0.15, 0.2) is 15.5 Å². The van der Waals surface area contributed by atoms with Crippen LogP contribution in [0.15, 0.2) is 53.4 Å². The SMILES string of the molecule is COC(=O)NCC(c1cccc(F)c1)(C1CCN(CC2(F)CN(c3ccc(S(=O)(=O)C4CC4)cc3)C2)CC1)[C@H]1CCC[C@@H]1NC(=O)OC. The summed E-state index contributed by atoms with van der Waals surface area (Å²) < 4.78 is 65.8. The zero-order valence-electron chi connectivity index (χ0n) is 27.6. The van der Waals surface area contributed by atoms with E-state index in [9.17, 15) is 22.4 Å². The highest BCUT2D eigenvalue weighted by Gasteiger charge is 2.53. The average molecular weight is 689 g/mol.